The Hall–Kier alpha value is -4.35. The number of carbonyl (C=O) groups excluding carboxylic acids is 4. The van der Waals surface area contributed by atoms with Crippen LogP contribution in [0.2, 0.25) is 0 Å². The van der Waals surface area contributed by atoms with Crippen molar-refractivity contribution < 1.29 is 39.1 Å². The maximum atomic E-state index is 13.4. The van der Waals surface area contributed by atoms with Crippen molar-refractivity contribution >= 4 is 60.5 Å². The van der Waals surface area contributed by atoms with Crippen molar-refractivity contribution in [2.75, 3.05) is 0 Å². The molecule has 0 heterocycles. The molecule has 17 heteroatoms. The molecule has 0 unspecified atom stereocenters. The molecule has 2 aromatic rings. The minimum absolute atomic E-state index is 0.0489. The zero-order valence-corrected chi connectivity index (χ0v) is 28.9. The molecule has 0 aliphatic heterocycles. The smallest absolute Gasteiger partial charge is 0.327 e. The number of hydrogen-bond acceptors (Lipinski definition) is 11. The molecule has 0 bridgehead atoms. The summed E-state index contributed by atoms with van der Waals surface area (Å²) in [6.07, 6.45) is -0.0749. The van der Waals surface area contributed by atoms with Crippen molar-refractivity contribution in [2.45, 2.75) is 87.2 Å². The lowest BCUT2D eigenvalue weighted by molar-refractivity contribution is -0.384. The van der Waals surface area contributed by atoms with Crippen molar-refractivity contribution in [3.05, 3.63) is 69.8 Å². The highest BCUT2D eigenvalue weighted by Crippen LogP contribution is 2.20. The van der Waals surface area contributed by atoms with Gasteiger partial charge in [-0.15, -0.1) is 0 Å². The number of aliphatic carboxylic acids is 1. The Bertz CT molecular complexity index is 1490. The van der Waals surface area contributed by atoms with Crippen LogP contribution in [0.1, 0.15) is 45.7 Å². The number of phenols is 1. The fourth-order valence-electron chi connectivity index (χ4n) is 4.43. The van der Waals surface area contributed by atoms with Crippen molar-refractivity contribution in [3.63, 3.8) is 0 Å². The Kier molecular flexibility index (Phi) is 13.8. The molecule has 0 aliphatic rings. The number of nitrogens with one attached hydrogen (secondary N) is 4. The van der Waals surface area contributed by atoms with Crippen LogP contribution in [0.4, 0.5) is 5.69 Å². The molecule has 0 spiro atoms. The van der Waals surface area contributed by atoms with Gasteiger partial charge in [-0.3, -0.25) is 29.3 Å². The van der Waals surface area contributed by atoms with Crippen molar-refractivity contribution in [1.82, 2.24) is 21.3 Å². The average Bonchev–Trinajstić information content (AvgIpc) is 2.97. The molecule has 2 aromatic carbocycles. The highest BCUT2D eigenvalue weighted by atomic mass is 32.1. The minimum Gasteiger partial charge on any atom is -0.508 e. The van der Waals surface area contributed by atoms with Gasteiger partial charge >= 0.3 is 5.97 Å². The summed E-state index contributed by atoms with van der Waals surface area (Å²) in [5, 5.41) is 40.2. The maximum absolute atomic E-state index is 13.4. The van der Waals surface area contributed by atoms with E-state index >= 15 is 0 Å². The summed E-state index contributed by atoms with van der Waals surface area (Å²) in [5.41, 5.74) is 6.96. The van der Waals surface area contributed by atoms with Gasteiger partial charge in [-0.2, -0.15) is 25.3 Å². The normalized spacial score (nSPS) is 14.8. The van der Waals surface area contributed by atoms with E-state index in [2.05, 4.69) is 46.5 Å². The number of amides is 4. The second kappa shape index (κ2) is 16.7. The van der Waals surface area contributed by atoms with Crippen LogP contribution in [0.15, 0.2) is 48.5 Å². The second-order valence-electron chi connectivity index (χ2n) is 12.4. The minimum atomic E-state index is -1.45. The SMILES string of the molecule is C[C@H](NC(=O)[C@H](NC(=O)[C@@H](N)Cc1ccc(O)cc1)C(C)(C)S)C(=O)N[C@@H](Cc1ccc([N+](=O)[O-])cc1)C(=O)N[C@@H](C(=O)O)C(C)(C)S. The largest absolute Gasteiger partial charge is 0.508 e. The molecule has 0 saturated carbocycles. The van der Waals surface area contributed by atoms with Gasteiger partial charge in [-0.1, -0.05) is 24.3 Å². The van der Waals surface area contributed by atoms with Crippen LogP contribution in [0.3, 0.4) is 0 Å². The first-order chi connectivity index (χ1) is 22.1. The predicted molar refractivity (Wildman–Crippen MR) is 184 cm³/mol. The zero-order valence-electron chi connectivity index (χ0n) is 27.1. The van der Waals surface area contributed by atoms with Gasteiger partial charge in [0.1, 0.15) is 29.9 Å². The van der Waals surface area contributed by atoms with Gasteiger partial charge in [0, 0.05) is 28.0 Å². The van der Waals surface area contributed by atoms with E-state index in [-0.39, 0.29) is 24.3 Å². The highest BCUT2D eigenvalue weighted by Gasteiger charge is 2.38. The van der Waals surface area contributed by atoms with Gasteiger partial charge in [-0.05, 0) is 64.3 Å². The number of carbonyl (C=O) groups is 5. The predicted octanol–water partition coefficient (Wildman–Crippen LogP) is 0.873. The van der Waals surface area contributed by atoms with E-state index in [1.807, 2.05) is 0 Å². The molecule has 0 aliphatic carbocycles. The van der Waals surface area contributed by atoms with Crippen molar-refractivity contribution in [3.8, 4) is 5.75 Å². The van der Waals surface area contributed by atoms with E-state index in [9.17, 15) is 44.3 Å². The Morgan fingerprint density at radius 1 is 0.771 bits per heavy atom. The van der Waals surface area contributed by atoms with E-state index in [0.29, 0.717) is 11.1 Å². The highest BCUT2D eigenvalue weighted by molar-refractivity contribution is 7.82. The van der Waals surface area contributed by atoms with Gasteiger partial charge < -0.3 is 37.2 Å². The van der Waals surface area contributed by atoms with Crippen LogP contribution < -0.4 is 27.0 Å². The summed E-state index contributed by atoms with van der Waals surface area (Å²) in [4.78, 5) is 75.3. The standard InChI is InChI=1S/C31H42N6O9S2/c1-16(33-28(42)23(30(2,3)47)35-26(40)21(32)14-17-8-12-20(38)13-9-17)25(39)34-22(15-18-6-10-19(11-7-18)37(45)46)27(41)36-24(29(43)44)31(4,5)48/h6-13,16,21-24,38,47-48H,14-15,32H2,1-5H3,(H,33,42)(H,34,39)(H,35,40)(H,36,41)(H,43,44)/t16-,21-,22-,23-,24-/m0/s1. The van der Waals surface area contributed by atoms with E-state index in [1.165, 1.54) is 57.2 Å². The van der Waals surface area contributed by atoms with Gasteiger partial charge in [0.05, 0.1) is 11.0 Å². The van der Waals surface area contributed by atoms with E-state index < -0.39 is 74.2 Å². The zero-order chi connectivity index (χ0) is 36.6. The molecule has 48 heavy (non-hydrogen) atoms. The lowest BCUT2D eigenvalue weighted by atomic mass is 9.99. The molecule has 262 valence electrons. The number of thiol groups is 2. The van der Waals surface area contributed by atoms with Gasteiger partial charge in [0.25, 0.3) is 5.69 Å². The molecule has 8 N–H and O–H groups in total. The first-order valence-electron chi connectivity index (χ1n) is 14.8. The lowest BCUT2D eigenvalue weighted by Gasteiger charge is -2.32. The fourth-order valence-corrected chi connectivity index (χ4v) is 4.79. The number of carboxylic acid groups (broad SMARTS) is 1. The Morgan fingerprint density at radius 3 is 1.73 bits per heavy atom. The first-order valence-corrected chi connectivity index (χ1v) is 15.7. The number of nitrogens with zero attached hydrogens (tertiary/aromatic N) is 1. The topological polar surface area (TPSA) is 243 Å². The molecule has 2 rings (SSSR count). The van der Waals surface area contributed by atoms with Gasteiger partial charge in [-0.25, -0.2) is 4.79 Å². The maximum Gasteiger partial charge on any atom is 0.327 e. The number of nitrogens with two attached hydrogens (primary N) is 1. The third-order valence-electron chi connectivity index (χ3n) is 7.20. The third-order valence-corrected chi connectivity index (χ3v) is 7.71. The number of nitro groups is 1. The Labute approximate surface area is 288 Å². The number of benzene rings is 2. The van der Waals surface area contributed by atoms with Crippen molar-refractivity contribution in [2.24, 2.45) is 5.73 Å². The lowest BCUT2D eigenvalue weighted by Crippen LogP contribution is -2.62. The van der Waals surface area contributed by atoms with Crippen LogP contribution in [-0.4, -0.2) is 84.4 Å². The average molecular weight is 707 g/mol. The van der Waals surface area contributed by atoms with Crippen LogP contribution in [-0.2, 0) is 36.8 Å². The molecule has 0 radical (unpaired) electrons. The molecular weight excluding hydrogens is 665 g/mol. The number of aromatic hydroxyl groups is 1. The molecular formula is C31H42N6O9S2. The second-order valence-corrected chi connectivity index (χ2v) is 14.7. The fraction of sp³-hybridized carbons (Fsp3) is 0.452. The molecule has 5 atom stereocenters. The van der Waals surface area contributed by atoms with E-state index in [4.69, 9.17) is 5.73 Å². The van der Waals surface area contributed by atoms with E-state index in [0.717, 1.165) is 0 Å². The monoisotopic (exact) mass is 706 g/mol. The van der Waals surface area contributed by atoms with Crippen LogP contribution in [0.5, 0.6) is 5.75 Å². The number of rotatable bonds is 16. The molecule has 15 nitrogen and oxygen atoms in total. The molecule has 0 saturated heterocycles. The number of phenolic OH excluding ortho intramolecular Hbond substituents is 1. The quantitative estimate of drug-likeness (QED) is 0.0678. The number of nitro benzene ring substituents is 1. The third kappa shape index (κ3) is 12.0. The summed E-state index contributed by atoms with van der Waals surface area (Å²) in [6, 6.07) is 4.92. The van der Waals surface area contributed by atoms with Crippen LogP contribution in [0.25, 0.3) is 0 Å². The molecule has 0 fully saturated rings. The van der Waals surface area contributed by atoms with Crippen LogP contribution in [0, 0.1) is 10.1 Å². The summed E-state index contributed by atoms with van der Waals surface area (Å²) in [6.45, 7) is 7.45. The summed E-state index contributed by atoms with van der Waals surface area (Å²) >= 11 is 8.71. The van der Waals surface area contributed by atoms with Crippen molar-refractivity contribution in [1.29, 1.82) is 0 Å². The number of carboxylic acids is 1. The van der Waals surface area contributed by atoms with Crippen LogP contribution >= 0.6 is 25.3 Å². The summed E-state index contributed by atoms with van der Waals surface area (Å²) in [5.74, 6) is -4.46. The first kappa shape index (κ1) is 39.8. The number of non-ortho nitro benzene ring substituents is 1. The van der Waals surface area contributed by atoms with Gasteiger partial charge in [0.15, 0.2) is 0 Å². The summed E-state index contributed by atoms with van der Waals surface area (Å²) < 4.78 is -2.32. The molecule has 0 aromatic heterocycles. The Morgan fingerprint density at radius 2 is 1.25 bits per heavy atom. The summed E-state index contributed by atoms with van der Waals surface area (Å²) in [7, 11) is 0. The number of hydrogen-bond donors (Lipinski definition) is 9. The van der Waals surface area contributed by atoms with Gasteiger partial charge in [0.2, 0.25) is 23.6 Å². The molecule has 4 amide bonds. The Balaban J connectivity index is 2.22. The van der Waals surface area contributed by atoms with E-state index in [1.54, 1.807) is 26.0 Å².